The predicted molar refractivity (Wildman–Crippen MR) is 77.3 cm³/mol. The number of carbonyl (C=O) groups is 2. The van der Waals surface area contributed by atoms with Crippen molar-refractivity contribution in [2.75, 3.05) is 0 Å². The third kappa shape index (κ3) is 3.46. The number of carboxylic acid groups (broad SMARTS) is 1. The monoisotopic (exact) mass is 304 g/mol. The zero-order chi connectivity index (χ0) is 16.3. The van der Waals surface area contributed by atoms with Crippen molar-refractivity contribution in [3.63, 3.8) is 0 Å². The highest BCUT2D eigenvalue weighted by Gasteiger charge is 2.28. The number of ether oxygens (including phenoxy) is 1. The van der Waals surface area contributed by atoms with Crippen LogP contribution in [0.5, 0.6) is 11.5 Å². The first kappa shape index (κ1) is 15.6. The van der Waals surface area contributed by atoms with E-state index >= 15 is 0 Å². The maximum atomic E-state index is 11.8. The van der Waals surface area contributed by atoms with Crippen LogP contribution in [0.3, 0.4) is 0 Å². The first-order valence-electron chi connectivity index (χ1n) is 6.72. The molecule has 1 aliphatic heterocycles. The zero-order valence-corrected chi connectivity index (χ0v) is 11.9. The molecular formula is C16H16O6. The molecule has 3 N–H and O–H groups in total. The topological polar surface area (TPSA) is 104 Å². The summed E-state index contributed by atoms with van der Waals surface area (Å²) in [6.45, 7) is 1.48. The van der Waals surface area contributed by atoms with Gasteiger partial charge in [-0.1, -0.05) is 6.08 Å². The lowest BCUT2D eigenvalue weighted by Gasteiger charge is -2.10. The van der Waals surface area contributed by atoms with Crippen molar-refractivity contribution in [3.05, 3.63) is 47.1 Å². The molecule has 0 saturated heterocycles. The summed E-state index contributed by atoms with van der Waals surface area (Å²) >= 11 is 0. The number of esters is 1. The fourth-order valence-electron chi connectivity index (χ4n) is 2.12. The molecule has 1 aromatic rings. The second kappa shape index (κ2) is 6.34. The van der Waals surface area contributed by atoms with Gasteiger partial charge < -0.3 is 20.1 Å². The highest BCUT2D eigenvalue weighted by Crippen LogP contribution is 2.36. The Morgan fingerprint density at radius 3 is 2.77 bits per heavy atom. The SMILES string of the molecule is CC(=CCCC1=CC(c2cc(O)ccc2O)OC1=O)C(=O)O. The smallest absolute Gasteiger partial charge is 0.334 e. The molecule has 0 aromatic heterocycles. The number of aliphatic carboxylic acids is 1. The van der Waals surface area contributed by atoms with E-state index in [0.717, 1.165) is 0 Å². The van der Waals surface area contributed by atoms with Crippen molar-refractivity contribution < 1.29 is 29.6 Å². The summed E-state index contributed by atoms with van der Waals surface area (Å²) in [6, 6.07) is 3.99. The number of carboxylic acids is 1. The summed E-state index contributed by atoms with van der Waals surface area (Å²) in [6.07, 6.45) is 3.10. The summed E-state index contributed by atoms with van der Waals surface area (Å²) in [5.74, 6) is -1.61. The van der Waals surface area contributed by atoms with E-state index in [1.807, 2.05) is 0 Å². The van der Waals surface area contributed by atoms with Crippen molar-refractivity contribution in [1.82, 2.24) is 0 Å². The fraction of sp³-hybridized carbons (Fsp3) is 0.250. The summed E-state index contributed by atoms with van der Waals surface area (Å²) in [5.41, 5.74) is 0.942. The van der Waals surface area contributed by atoms with E-state index in [0.29, 0.717) is 24.0 Å². The molecule has 0 radical (unpaired) electrons. The summed E-state index contributed by atoms with van der Waals surface area (Å²) in [4.78, 5) is 22.5. The van der Waals surface area contributed by atoms with E-state index in [-0.39, 0.29) is 17.1 Å². The van der Waals surface area contributed by atoms with Gasteiger partial charge in [-0.25, -0.2) is 9.59 Å². The molecule has 1 aliphatic rings. The van der Waals surface area contributed by atoms with Gasteiger partial charge in [0.25, 0.3) is 0 Å². The van der Waals surface area contributed by atoms with Gasteiger partial charge in [-0.05, 0) is 44.0 Å². The highest BCUT2D eigenvalue weighted by molar-refractivity contribution is 5.91. The van der Waals surface area contributed by atoms with Gasteiger partial charge in [-0.3, -0.25) is 0 Å². The van der Waals surface area contributed by atoms with Gasteiger partial charge in [-0.15, -0.1) is 0 Å². The normalized spacial score (nSPS) is 18.0. The molecule has 0 spiro atoms. The second-order valence-corrected chi connectivity index (χ2v) is 4.99. The standard InChI is InChI=1S/C16H16O6/c1-9(15(19)20)3-2-4-10-7-14(22-16(10)21)12-8-11(17)5-6-13(12)18/h3,5-8,14,17-18H,2,4H2,1H3,(H,19,20). The van der Waals surface area contributed by atoms with Crippen LogP contribution in [-0.2, 0) is 14.3 Å². The lowest BCUT2D eigenvalue weighted by molar-refractivity contribution is -0.140. The van der Waals surface area contributed by atoms with Crippen LogP contribution < -0.4 is 0 Å². The van der Waals surface area contributed by atoms with Gasteiger partial charge in [0.2, 0.25) is 0 Å². The fourth-order valence-corrected chi connectivity index (χ4v) is 2.12. The first-order chi connectivity index (χ1) is 10.4. The van der Waals surface area contributed by atoms with Gasteiger partial charge >= 0.3 is 11.9 Å². The molecule has 2 rings (SSSR count). The van der Waals surface area contributed by atoms with E-state index in [9.17, 15) is 19.8 Å². The maximum absolute atomic E-state index is 11.8. The lowest BCUT2D eigenvalue weighted by atomic mass is 10.0. The second-order valence-electron chi connectivity index (χ2n) is 4.99. The summed E-state index contributed by atoms with van der Waals surface area (Å²) < 4.78 is 5.16. The molecule has 0 amide bonds. The minimum atomic E-state index is -0.995. The van der Waals surface area contributed by atoms with Crippen LogP contribution in [0.4, 0.5) is 0 Å². The number of aromatic hydroxyl groups is 2. The molecule has 0 saturated carbocycles. The molecule has 6 nitrogen and oxygen atoms in total. The third-order valence-corrected chi connectivity index (χ3v) is 3.37. The maximum Gasteiger partial charge on any atom is 0.334 e. The van der Waals surface area contributed by atoms with Crippen LogP contribution in [0, 0.1) is 0 Å². The molecule has 0 aliphatic carbocycles. The molecular weight excluding hydrogens is 288 g/mol. The van der Waals surface area contributed by atoms with Gasteiger partial charge in [0.15, 0.2) is 0 Å². The van der Waals surface area contributed by atoms with Gasteiger partial charge in [-0.2, -0.15) is 0 Å². The van der Waals surface area contributed by atoms with Crippen LogP contribution in [0.1, 0.15) is 31.4 Å². The van der Waals surface area contributed by atoms with Crippen molar-refractivity contribution in [3.8, 4) is 11.5 Å². The number of hydrogen-bond donors (Lipinski definition) is 3. The van der Waals surface area contributed by atoms with E-state index < -0.39 is 18.0 Å². The Hall–Kier alpha value is -2.76. The molecule has 0 bridgehead atoms. The number of allylic oxidation sites excluding steroid dienone is 1. The van der Waals surface area contributed by atoms with Gasteiger partial charge in [0.05, 0.1) is 0 Å². The number of hydrogen-bond acceptors (Lipinski definition) is 5. The number of phenolic OH excluding ortho intramolecular Hbond substituents is 2. The Labute approximate surface area is 127 Å². The van der Waals surface area contributed by atoms with Crippen molar-refractivity contribution >= 4 is 11.9 Å². The minimum absolute atomic E-state index is 0.0364. The van der Waals surface area contributed by atoms with Crippen molar-refractivity contribution in [2.24, 2.45) is 0 Å². The Kier molecular flexibility index (Phi) is 4.50. The molecule has 1 unspecified atom stereocenters. The predicted octanol–water partition coefficient (Wildman–Crippen LogP) is 2.43. The highest BCUT2D eigenvalue weighted by atomic mass is 16.5. The molecule has 1 aromatic carbocycles. The molecule has 0 fully saturated rings. The first-order valence-corrected chi connectivity index (χ1v) is 6.72. The quantitative estimate of drug-likeness (QED) is 0.438. The number of phenols is 2. The minimum Gasteiger partial charge on any atom is -0.508 e. The number of carbonyl (C=O) groups excluding carboxylic acids is 1. The third-order valence-electron chi connectivity index (χ3n) is 3.37. The van der Waals surface area contributed by atoms with Crippen LogP contribution in [-0.4, -0.2) is 27.3 Å². The van der Waals surface area contributed by atoms with Crippen LogP contribution >= 0.6 is 0 Å². The Balaban J connectivity index is 2.10. The molecule has 22 heavy (non-hydrogen) atoms. The number of rotatable bonds is 5. The molecule has 1 atom stereocenters. The van der Waals surface area contributed by atoms with Crippen molar-refractivity contribution in [2.45, 2.75) is 25.9 Å². The lowest BCUT2D eigenvalue weighted by Crippen LogP contribution is -2.03. The van der Waals surface area contributed by atoms with Crippen LogP contribution in [0.25, 0.3) is 0 Å². The van der Waals surface area contributed by atoms with Gasteiger partial charge in [0.1, 0.15) is 17.6 Å². The Morgan fingerprint density at radius 2 is 2.09 bits per heavy atom. The summed E-state index contributed by atoms with van der Waals surface area (Å²) in [5, 5.41) is 28.0. The van der Waals surface area contributed by atoms with Crippen LogP contribution in [0.15, 0.2) is 41.5 Å². The van der Waals surface area contributed by atoms with E-state index in [1.54, 1.807) is 6.08 Å². The molecule has 116 valence electrons. The Bertz CT molecular complexity index is 671. The number of benzene rings is 1. The molecule has 1 heterocycles. The van der Waals surface area contributed by atoms with E-state index in [2.05, 4.69) is 0 Å². The molecule has 6 heteroatoms. The van der Waals surface area contributed by atoms with E-state index in [4.69, 9.17) is 9.84 Å². The average Bonchev–Trinajstić information content (AvgIpc) is 2.82. The Morgan fingerprint density at radius 1 is 1.36 bits per heavy atom. The van der Waals surface area contributed by atoms with Crippen molar-refractivity contribution in [1.29, 1.82) is 0 Å². The largest absolute Gasteiger partial charge is 0.508 e. The van der Waals surface area contributed by atoms with Crippen LogP contribution in [0.2, 0.25) is 0 Å². The average molecular weight is 304 g/mol. The zero-order valence-electron chi connectivity index (χ0n) is 11.9. The summed E-state index contributed by atoms with van der Waals surface area (Å²) in [7, 11) is 0. The van der Waals surface area contributed by atoms with E-state index in [1.165, 1.54) is 31.2 Å². The number of cyclic esters (lactones) is 1. The van der Waals surface area contributed by atoms with Gasteiger partial charge in [0, 0.05) is 16.7 Å².